The molecule has 0 aromatic rings. The summed E-state index contributed by atoms with van der Waals surface area (Å²) in [7, 11) is 0. The molecule has 96 valence electrons. The topological polar surface area (TPSA) is 0 Å². The summed E-state index contributed by atoms with van der Waals surface area (Å²) >= 11 is -2.54. The minimum absolute atomic E-state index is 0.272. The molecule has 0 saturated heterocycles. The van der Waals surface area contributed by atoms with Crippen LogP contribution >= 0.6 is 0 Å². The van der Waals surface area contributed by atoms with Gasteiger partial charge in [0, 0.05) is 0 Å². The fourth-order valence-corrected chi connectivity index (χ4v) is 13.1. The predicted octanol–water partition coefficient (Wildman–Crippen LogP) is 5.72. The van der Waals surface area contributed by atoms with Crippen molar-refractivity contribution in [1.29, 1.82) is 0 Å². The molecule has 0 aliphatic heterocycles. The van der Waals surface area contributed by atoms with Crippen molar-refractivity contribution in [3.8, 4) is 0 Å². The third-order valence-electron chi connectivity index (χ3n) is 5.42. The Morgan fingerprint density at radius 3 is 2.17 bits per heavy atom. The molecule has 18 heavy (non-hydrogen) atoms. The quantitative estimate of drug-likeness (QED) is 0.624. The van der Waals surface area contributed by atoms with Crippen LogP contribution in [0, 0.1) is 0 Å². The van der Waals surface area contributed by atoms with Crippen molar-refractivity contribution in [1.82, 2.24) is 0 Å². The summed E-state index contributed by atoms with van der Waals surface area (Å²) in [5.41, 5.74) is 4.53. The standard InChI is InChI=1S/C9H13.C5H5.C2H3.CH3.Zr/c1-6-5-7(2)9(4)8(6)3;1-2-4-5-3-1;1-2;;/h5H,1-4H3;1-5H;1H,2H2;1H3;. The molecule has 0 heterocycles. The molecule has 0 saturated carbocycles. The van der Waals surface area contributed by atoms with Crippen molar-refractivity contribution in [3.05, 3.63) is 57.5 Å². The molecule has 0 aromatic carbocycles. The monoisotopic (exact) mass is 318 g/mol. The molecule has 0 nitrogen and oxygen atoms in total. The predicted molar refractivity (Wildman–Crippen MR) is 78.6 cm³/mol. The minimum atomic E-state index is -2.54. The molecule has 0 fully saturated rings. The van der Waals surface area contributed by atoms with Crippen LogP contribution in [-0.2, 0) is 20.3 Å². The normalized spacial score (nSPS) is 30.8. The molecule has 0 N–H and O–H groups in total. The van der Waals surface area contributed by atoms with Gasteiger partial charge in [-0.2, -0.15) is 0 Å². The summed E-state index contributed by atoms with van der Waals surface area (Å²) in [5, 5.41) is 0. The van der Waals surface area contributed by atoms with E-state index in [1.54, 1.807) is 5.57 Å². The van der Waals surface area contributed by atoms with Crippen molar-refractivity contribution in [2.75, 3.05) is 0 Å². The van der Waals surface area contributed by atoms with E-state index in [4.69, 9.17) is 0 Å². The molecule has 2 unspecified atom stereocenters. The second-order valence-electron chi connectivity index (χ2n) is 6.06. The molecule has 2 atom stereocenters. The van der Waals surface area contributed by atoms with E-state index in [0.29, 0.717) is 3.63 Å². The van der Waals surface area contributed by atoms with Gasteiger partial charge in [-0.05, 0) is 0 Å². The molecule has 0 bridgehead atoms. The average molecular weight is 320 g/mol. The Balaban J connectivity index is 2.55. The summed E-state index contributed by atoms with van der Waals surface area (Å²) in [5.74, 6) is 0. The van der Waals surface area contributed by atoms with Crippen molar-refractivity contribution in [3.63, 3.8) is 0 Å². The maximum absolute atomic E-state index is 4.23. The number of rotatable bonds is 3. The summed E-state index contributed by atoms with van der Waals surface area (Å²) in [6, 6.07) is 0. The van der Waals surface area contributed by atoms with Crippen molar-refractivity contribution < 1.29 is 20.3 Å². The van der Waals surface area contributed by atoms with Gasteiger partial charge in [0.25, 0.3) is 0 Å². The van der Waals surface area contributed by atoms with Gasteiger partial charge in [0.05, 0.1) is 0 Å². The van der Waals surface area contributed by atoms with Crippen LogP contribution < -0.4 is 0 Å². The van der Waals surface area contributed by atoms with Gasteiger partial charge in [-0.1, -0.05) is 0 Å². The number of hydrogen-bond acceptors (Lipinski definition) is 0. The van der Waals surface area contributed by atoms with E-state index in [1.165, 1.54) is 11.1 Å². The molecule has 0 spiro atoms. The van der Waals surface area contributed by atoms with Crippen LogP contribution in [-0.4, -0.2) is 0 Å². The summed E-state index contributed by atoms with van der Waals surface area (Å²) < 4.78 is 5.81. The van der Waals surface area contributed by atoms with E-state index in [0.717, 1.165) is 0 Å². The Labute approximate surface area is 116 Å². The van der Waals surface area contributed by atoms with Gasteiger partial charge in [0.15, 0.2) is 0 Å². The van der Waals surface area contributed by atoms with Crippen molar-refractivity contribution in [2.45, 2.75) is 39.1 Å². The fourth-order valence-electron chi connectivity index (χ4n) is 3.42. The first-order valence-corrected chi connectivity index (χ1v) is 13.3. The third kappa shape index (κ3) is 1.74. The van der Waals surface area contributed by atoms with Crippen molar-refractivity contribution in [2.24, 2.45) is 0 Å². The Morgan fingerprint density at radius 2 is 1.78 bits per heavy atom. The first-order valence-electron chi connectivity index (χ1n) is 6.73. The summed E-state index contributed by atoms with van der Waals surface area (Å²) in [6.07, 6.45) is 11.7. The first-order chi connectivity index (χ1) is 8.37. The Morgan fingerprint density at radius 1 is 1.22 bits per heavy atom. The zero-order valence-corrected chi connectivity index (χ0v) is 14.7. The van der Waals surface area contributed by atoms with E-state index in [1.807, 2.05) is 0 Å². The van der Waals surface area contributed by atoms with Crippen LogP contribution in [0.4, 0.5) is 0 Å². The van der Waals surface area contributed by atoms with Gasteiger partial charge in [0.2, 0.25) is 0 Å². The Bertz CT molecular complexity index is 492. The fraction of sp³-hybridized carbons (Fsp3) is 0.412. The van der Waals surface area contributed by atoms with E-state index in [2.05, 4.69) is 73.1 Å². The molecule has 2 aliphatic rings. The average Bonchev–Trinajstić information content (AvgIpc) is 2.94. The van der Waals surface area contributed by atoms with Crippen LogP contribution in [0.15, 0.2) is 57.5 Å². The summed E-state index contributed by atoms with van der Waals surface area (Å²) in [4.78, 5) is 0. The number of hydrogen-bond donors (Lipinski definition) is 0. The Kier molecular flexibility index (Phi) is 3.58. The van der Waals surface area contributed by atoms with E-state index in [9.17, 15) is 0 Å². The molecule has 2 aliphatic carbocycles. The molecular formula is C17H24Zr. The van der Waals surface area contributed by atoms with Crippen LogP contribution in [0.25, 0.3) is 0 Å². The van der Waals surface area contributed by atoms with Crippen LogP contribution in [0.5, 0.6) is 0 Å². The van der Waals surface area contributed by atoms with E-state index in [-0.39, 0.29) is 3.12 Å². The first kappa shape index (κ1) is 14.0. The molecule has 0 aromatic heterocycles. The van der Waals surface area contributed by atoms with Gasteiger partial charge in [0.1, 0.15) is 0 Å². The van der Waals surface area contributed by atoms with Gasteiger partial charge in [-0.15, -0.1) is 0 Å². The zero-order chi connectivity index (χ0) is 13.6. The zero-order valence-electron chi connectivity index (χ0n) is 12.2. The van der Waals surface area contributed by atoms with Gasteiger partial charge >= 0.3 is 117 Å². The van der Waals surface area contributed by atoms with E-state index < -0.39 is 20.3 Å². The molecule has 0 radical (unpaired) electrons. The second-order valence-corrected chi connectivity index (χ2v) is 17.6. The van der Waals surface area contributed by atoms with Gasteiger partial charge in [-0.3, -0.25) is 0 Å². The van der Waals surface area contributed by atoms with E-state index >= 15 is 0 Å². The van der Waals surface area contributed by atoms with Gasteiger partial charge < -0.3 is 0 Å². The maximum atomic E-state index is 4.23. The summed E-state index contributed by atoms with van der Waals surface area (Å²) in [6.45, 7) is 13.5. The SMILES string of the molecule is C=[CH][Zr]([CH3])([CH]1C=CC=C1)[C]1(C)C=C(C)C(C)=C1C. The third-order valence-corrected chi connectivity index (χ3v) is 18.6. The molecular weight excluding hydrogens is 295 g/mol. The Hall–Kier alpha value is -0.417. The second kappa shape index (κ2) is 4.60. The van der Waals surface area contributed by atoms with Crippen LogP contribution in [0.1, 0.15) is 27.7 Å². The molecule has 1 heteroatoms. The van der Waals surface area contributed by atoms with Crippen molar-refractivity contribution >= 4 is 0 Å². The van der Waals surface area contributed by atoms with Crippen LogP contribution in [0.3, 0.4) is 0 Å². The van der Waals surface area contributed by atoms with Gasteiger partial charge in [-0.25, -0.2) is 0 Å². The molecule has 0 amide bonds. The number of allylic oxidation sites excluding steroid dienone is 8. The molecule has 2 rings (SSSR count). The van der Waals surface area contributed by atoms with Crippen LogP contribution in [0.2, 0.25) is 11.4 Å².